The Morgan fingerprint density at radius 3 is 1.76 bits per heavy atom. The average Bonchev–Trinajstić information content (AvgIpc) is 3.96. The van der Waals surface area contributed by atoms with Gasteiger partial charge in [0.15, 0.2) is 0 Å². The predicted molar refractivity (Wildman–Crippen MR) is 223 cm³/mol. The molecule has 0 N–H and O–H groups in total. The van der Waals surface area contributed by atoms with Gasteiger partial charge in [0.1, 0.15) is 5.58 Å². The fourth-order valence-corrected chi connectivity index (χ4v) is 10.0. The molecule has 3 aromatic heterocycles. The molecule has 55 heavy (non-hydrogen) atoms. The molecular formula is C51H29N3O. The zero-order valence-corrected chi connectivity index (χ0v) is 29.5. The van der Waals surface area contributed by atoms with E-state index in [1.165, 1.54) is 60.7 Å². The molecule has 13 rings (SSSR count). The van der Waals surface area contributed by atoms with E-state index in [4.69, 9.17) is 14.4 Å². The third kappa shape index (κ3) is 3.66. The van der Waals surface area contributed by atoms with Crippen LogP contribution in [-0.4, -0.2) is 14.5 Å². The second-order valence-corrected chi connectivity index (χ2v) is 14.9. The first-order chi connectivity index (χ1) is 27.3. The van der Waals surface area contributed by atoms with Crippen LogP contribution >= 0.6 is 0 Å². The minimum absolute atomic E-state index is 0.405. The molecule has 0 aliphatic heterocycles. The Labute approximate surface area is 315 Å². The van der Waals surface area contributed by atoms with Gasteiger partial charge in [-0.3, -0.25) is 4.57 Å². The second kappa shape index (κ2) is 10.4. The van der Waals surface area contributed by atoms with E-state index in [9.17, 15) is 0 Å². The molecular weight excluding hydrogens is 671 g/mol. The summed E-state index contributed by atoms with van der Waals surface area (Å²) in [5, 5.41) is 6.63. The highest BCUT2D eigenvalue weighted by molar-refractivity contribution is 6.14. The molecule has 254 valence electrons. The number of hydrogen-bond acceptors (Lipinski definition) is 3. The summed E-state index contributed by atoms with van der Waals surface area (Å²) >= 11 is 0. The highest BCUT2D eigenvalue weighted by Gasteiger charge is 2.51. The van der Waals surface area contributed by atoms with Gasteiger partial charge in [-0.1, -0.05) is 146 Å². The van der Waals surface area contributed by atoms with Crippen LogP contribution in [0.3, 0.4) is 0 Å². The number of fused-ring (bicyclic) bond motifs is 17. The number of aromatic nitrogens is 3. The molecule has 0 atom stereocenters. The molecule has 0 bridgehead atoms. The second-order valence-electron chi connectivity index (χ2n) is 14.9. The van der Waals surface area contributed by atoms with Crippen LogP contribution in [0.4, 0.5) is 0 Å². The summed E-state index contributed by atoms with van der Waals surface area (Å²) in [5.74, 6) is 0.582. The first-order valence-electron chi connectivity index (χ1n) is 18.8. The maximum absolute atomic E-state index is 6.59. The normalized spacial score (nSPS) is 13.6. The standard InChI is InChI=1S/C51H29N3O/c1-2-14-31-29-45-39(27-30(31)13-1)36-18-6-11-23-44(36)54(45)50-52-48(47-37-19-7-12-24-46(37)55-49(47)53-50)32-25-26-43-38(28-32)35-17-5-10-22-42(35)51(43)40-20-8-3-15-33(40)34-16-4-9-21-41(34)51/h1-29H. The molecule has 0 unspecified atom stereocenters. The van der Waals surface area contributed by atoms with Crippen molar-refractivity contribution in [3.05, 3.63) is 198 Å². The van der Waals surface area contributed by atoms with Crippen LogP contribution < -0.4 is 0 Å². The highest BCUT2D eigenvalue weighted by atomic mass is 16.3. The van der Waals surface area contributed by atoms with E-state index in [2.05, 4.69) is 168 Å². The van der Waals surface area contributed by atoms with Crippen molar-refractivity contribution in [1.82, 2.24) is 14.5 Å². The Morgan fingerprint density at radius 1 is 0.436 bits per heavy atom. The van der Waals surface area contributed by atoms with E-state index < -0.39 is 5.41 Å². The van der Waals surface area contributed by atoms with Gasteiger partial charge in [-0.15, -0.1) is 0 Å². The Kier molecular flexibility index (Phi) is 5.54. The van der Waals surface area contributed by atoms with E-state index >= 15 is 0 Å². The minimum Gasteiger partial charge on any atom is -0.437 e. The quantitative estimate of drug-likeness (QED) is 0.180. The summed E-state index contributed by atoms with van der Waals surface area (Å²) < 4.78 is 8.79. The average molecular weight is 700 g/mol. The van der Waals surface area contributed by atoms with Gasteiger partial charge in [0.25, 0.3) is 0 Å². The molecule has 8 aromatic carbocycles. The summed E-state index contributed by atoms with van der Waals surface area (Å²) in [5.41, 5.74) is 15.3. The monoisotopic (exact) mass is 699 g/mol. The zero-order valence-electron chi connectivity index (χ0n) is 29.5. The fourth-order valence-electron chi connectivity index (χ4n) is 10.0. The fraction of sp³-hybridized carbons (Fsp3) is 0.0196. The van der Waals surface area contributed by atoms with Crippen molar-refractivity contribution in [3.63, 3.8) is 0 Å². The van der Waals surface area contributed by atoms with E-state index in [0.29, 0.717) is 11.7 Å². The third-order valence-corrected chi connectivity index (χ3v) is 12.2. The molecule has 0 saturated carbocycles. The molecule has 2 aliphatic rings. The maximum atomic E-state index is 6.59. The van der Waals surface area contributed by atoms with Crippen molar-refractivity contribution in [2.75, 3.05) is 0 Å². The van der Waals surface area contributed by atoms with E-state index in [-0.39, 0.29) is 0 Å². The van der Waals surface area contributed by atoms with Gasteiger partial charge in [0.2, 0.25) is 11.7 Å². The van der Waals surface area contributed by atoms with Crippen LogP contribution in [0.2, 0.25) is 0 Å². The Hall–Kier alpha value is -7.30. The minimum atomic E-state index is -0.405. The highest BCUT2D eigenvalue weighted by Crippen LogP contribution is 2.63. The Balaban J connectivity index is 1.12. The van der Waals surface area contributed by atoms with Crippen LogP contribution in [0.15, 0.2) is 180 Å². The molecule has 2 aliphatic carbocycles. The Bertz CT molecular complexity index is 3410. The number of para-hydroxylation sites is 2. The summed E-state index contributed by atoms with van der Waals surface area (Å²) in [4.78, 5) is 10.8. The molecule has 4 nitrogen and oxygen atoms in total. The first-order valence-corrected chi connectivity index (χ1v) is 18.8. The van der Waals surface area contributed by atoms with Crippen molar-refractivity contribution in [2.24, 2.45) is 0 Å². The van der Waals surface area contributed by atoms with Gasteiger partial charge in [-0.05, 0) is 85.6 Å². The smallest absolute Gasteiger partial charge is 0.238 e. The van der Waals surface area contributed by atoms with Crippen LogP contribution in [0.25, 0.3) is 94.1 Å². The van der Waals surface area contributed by atoms with Crippen molar-refractivity contribution in [3.8, 4) is 39.5 Å². The number of furan rings is 1. The number of nitrogens with zero attached hydrogens (tertiary/aromatic N) is 3. The molecule has 3 heterocycles. The van der Waals surface area contributed by atoms with E-state index in [1.54, 1.807) is 0 Å². The molecule has 0 fully saturated rings. The number of rotatable bonds is 2. The van der Waals surface area contributed by atoms with Crippen molar-refractivity contribution >= 4 is 54.6 Å². The van der Waals surface area contributed by atoms with E-state index in [0.717, 1.165) is 44.0 Å². The maximum Gasteiger partial charge on any atom is 0.238 e. The van der Waals surface area contributed by atoms with Gasteiger partial charge < -0.3 is 4.42 Å². The van der Waals surface area contributed by atoms with Crippen molar-refractivity contribution < 1.29 is 4.42 Å². The molecule has 0 saturated heterocycles. The lowest BCUT2D eigenvalue weighted by Crippen LogP contribution is -2.25. The first kappa shape index (κ1) is 29.2. The number of hydrogen-bond donors (Lipinski definition) is 0. The predicted octanol–water partition coefficient (Wildman–Crippen LogP) is 12.6. The van der Waals surface area contributed by atoms with Gasteiger partial charge in [-0.25, -0.2) is 4.98 Å². The lowest BCUT2D eigenvalue weighted by Gasteiger charge is -2.30. The zero-order chi connectivity index (χ0) is 35.8. The molecule has 0 amide bonds. The lowest BCUT2D eigenvalue weighted by molar-refractivity contribution is 0.651. The number of benzene rings is 8. The van der Waals surface area contributed by atoms with Gasteiger partial charge in [0, 0.05) is 21.7 Å². The van der Waals surface area contributed by atoms with Crippen LogP contribution in [-0.2, 0) is 5.41 Å². The topological polar surface area (TPSA) is 43.9 Å². The SMILES string of the molecule is c1ccc2c(c1)-c1ccccc1C21c2ccccc2-c2cc(-c3nc(-n4c5ccccc5c5cc6ccccc6cc54)nc4oc5ccccc5c34)ccc21. The largest absolute Gasteiger partial charge is 0.437 e. The van der Waals surface area contributed by atoms with Crippen LogP contribution in [0.1, 0.15) is 22.3 Å². The Morgan fingerprint density at radius 2 is 1.02 bits per heavy atom. The van der Waals surface area contributed by atoms with Crippen molar-refractivity contribution in [2.45, 2.75) is 5.41 Å². The van der Waals surface area contributed by atoms with Crippen LogP contribution in [0, 0.1) is 0 Å². The summed E-state index contributed by atoms with van der Waals surface area (Å²) in [7, 11) is 0. The molecule has 11 aromatic rings. The van der Waals surface area contributed by atoms with Gasteiger partial charge >= 0.3 is 0 Å². The lowest BCUT2D eigenvalue weighted by atomic mass is 9.70. The van der Waals surface area contributed by atoms with Gasteiger partial charge in [-0.2, -0.15) is 4.98 Å². The molecule has 0 radical (unpaired) electrons. The molecule has 4 heteroatoms. The summed E-state index contributed by atoms with van der Waals surface area (Å²) in [6, 6.07) is 63.7. The van der Waals surface area contributed by atoms with Gasteiger partial charge in [0.05, 0.1) is 27.5 Å². The van der Waals surface area contributed by atoms with Crippen molar-refractivity contribution in [1.29, 1.82) is 0 Å². The summed E-state index contributed by atoms with van der Waals surface area (Å²) in [6.45, 7) is 0. The van der Waals surface area contributed by atoms with E-state index in [1.807, 2.05) is 12.1 Å². The summed E-state index contributed by atoms with van der Waals surface area (Å²) in [6.07, 6.45) is 0. The third-order valence-electron chi connectivity index (χ3n) is 12.2. The molecule has 1 spiro atoms. The van der Waals surface area contributed by atoms with Crippen LogP contribution in [0.5, 0.6) is 0 Å².